The van der Waals surface area contributed by atoms with Gasteiger partial charge < -0.3 is 20.7 Å². The number of benzene rings is 1. The number of guanidine groups is 1. The van der Waals surface area contributed by atoms with Gasteiger partial charge >= 0.3 is 0 Å². The molecule has 0 bridgehead atoms. The number of fused-ring (bicyclic) bond motifs is 1. The fourth-order valence-electron chi connectivity index (χ4n) is 3.73. The molecule has 6 nitrogen and oxygen atoms in total. The molecule has 1 atom stereocenters. The van der Waals surface area contributed by atoms with E-state index in [1.807, 2.05) is 18.2 Å². The summed E-state index contributed by atoms with van der Waals surface area (Å²) in [6.07, 6.45) is 6.67. The highest BCUT2D eigenvalue weighted by Gasteiger charge is 2.22. The Morgan fingerprint density at radius 2 is 1.92 bits per heavy atom. The predicted octanol–water partition coefficient (Wildman–Crippen LogP) is 1.85. The van der Waals surface area contributed by atoms with E-state index in [9.17, 15) is 4.79 Å². The number of carbonyl (C=O) groups is 1. The lowest BCUT2D eigenvalue weighted by molar-refractivity contribution is -0.121. The van der Waals surface area contributed by atoms with Crippen LogP contribution in [0.4, 0.5) is 0 Å². The molecule has 26 heavy (non-hydrogen) atoms. The van der Waals surface area contributed by atoms with Crippen LogP contribution >= 0.6 is 0 Å². The van der Waals surface area contributed by atoms with Gasteiger partial charge in [-0.05, 0) is 30.4 Å². The number of hydrogen-bond donors (Lipinski definition) is 3. The standard InChI is InChI=1S/C20H30N4O2/c1-21-20(23-11-10-22-19(25)12-15-6-2-3-7-15)24-14-17-13-16-8-4-5-9-18(16)26-17/h4-5,8-9,15,17H,2-3,6-7,10-14H2,1H3,(H,22,25)(H2,21,23,24). The number of rotatable bonds is 7. The number of nitrogens with zero attached hydrogens (tertiary/aromatic N) is 1. The SMILES string of the molecule is CN=C(NCCNC(=O)CC1CCCC1)NCC1Cc2ccccc2O1. The lowest BCUT2D eigenvalue weighted by Crippen LogP contribution is -2.44. The molecule has 6 heteroatoms. The van der Waals surface area contributed by atoms with Gasteiger partial charge in [-0.25, -0.2) is 0 Å². The summed E-state index contributed by atoms with van der Waals surface area (Å²) < 4.78 is 5.92. The first-order valence-electron chi connectivity index (χ1n) is 9.70. The summed E-state index contributed by atoms with van der Waals surface area (Å²) in [4.78, 5) is 16.1. The lowest BCUT2D eigenvalue weighted by atomic mass is 10.0. The van der Waals surface area contributed by atoms with Crippen molar-refractivity contribution in [3.8, 4) is 5.75 Å². The van der Waals surface area contributed by atoms with Crippen LogP contribution in [0.3, 0.4) is 0 Å². The van der Waals surface area contributed by atoms with Crippen LogP contribution in [-0.4, -0.2) is 44.7 Å². The van der Waals surface area contributed by atoms with Crippen molar-refractivity contribution in [2.24, 2.45) is 10.9 Å². The molecule has 1 aromatic carbocycles. The van der Waals surface area contributed by atoms with Crippen molar-refractivity contribution in [3.63, 3.8) is 0 Å². The maximum atomic E-state index is 11.9. The number of ether oxygens (including phenoxy) is 1. The van der Waals surface area contributed by atoms with Crippen LogP contribution in [0, 0.1) is 5.92 Å². The van der Waals surface area contributed by atoms with Gasteiger partial charge in [-0.3, -0.25) is 9.79 Å². The molecule has 1 aliphatic carbocycles. The first kappa shape index (κ1) is 18.5. The summed E-state index contributed by atoms with van der Waals surface area (Å²) in [5.41, 5.74) is 1.26. The molecule has 1 heterocycles. The summed E-state index contributed by atoms with van der Waals surface area (Å²) in [6.45, 7) is 1.96. The Balaban J connectivity index is 1.28. The Labute approximate surface area is 155 Å². The summed E-state index contributed by atoms with van der Waals surface area (Å²) in [5, 5.41) is 9.52. The minimum atomic E-state index is 0.122. The second-order valence-corrected chi connectivity index (χ2v) is 7.14. The van der Waals surface area contributed by atoms with Crippen LogP contribution in [0.15, 0.2) is 29.3 Å². The van der Waals surface area contributed by atoms with E-state index in [4.69, 9.17) is 4.74 Å². The smallest absolute Gasteiger partial charge is 0.220 e. The van der Waals surface area contributed by atoms with E-state index in [0.29, 0.717) is 32.0 Å². The normalized spacial score (nSPS) is 19.7. The highest BCUT2D eigenvalue weighted by molar-refractivity contribution is 5.80. The second-order valence-electron chi connectivity index (χ2n) is 7.14. The summed E-state index contributed by atoms with van der Waals surface area (Å²) in [7, 11) is 1.75. The third-order valence-electron chi connectivity index (χ3n) is 5.12. The summed E-state index contributed by atoms with van der Waals surface area (Å²) >= 11 is 0. The van der Waals surface area contributed by atoms with Gasteiger partial charge in [0.2, 0.25) is 5.91 Å². The summed E-state index contributed by atoms with van der Waals surface area (Å²) in [6, 6.07) is 8.16. The molecule has 0 saturated heterocycles. The van der Waals surface area contributed by atoms with Gasteiger partial charge in [0.1, 0.15) is 11.9 Å². The Bertz CT molecular complexity index is 601. The minimum absolute atomic E-state index is 0.122. The van der Waals surface area contributed by atoms with Gasteiger partial charge in [0, 0.05) is 33.0 Å². The minimum Gasteiger partial charge on any atom is -0.488 e. The molecular weight excluding hydrogens is 328 g/mol. The molecule has 142 valence electrons. The zero-order chi connectivity index (χ0) is 18.2. The largest absolute Gasteiger partial charge is 0.488 e. The van der Waals surface area contributed by atoms with Crippen molar-refractivity contribution in [2.75, 3.05) is 26.7 Å². The van der Waals surface area contributed by atoms with Gasteiger partial charge in [0.05, 0.1) is 6.54 Å². The van der Waals surface area contributed by atoms with Gasteiger partial charge in [0.15, 0.2) is 5.96 Å². The van der Waals surface area contributed by atoms with Crippen molar-refractivity contribution in [2.45, 2.75) is 44.6 Å². The lowest BCUT2D eigenvalue weighted by Gasteiger charge is -2.16. The van der Waals surface area contributed by atoms with Crippen molar-refractivity contribution in [1.82, 2.24) is 16.0 Å². The van der Waals surface area contributed by atoms with E-state index in [1.165, 1.54) is 31.2 Å². The molecule has 1 amide bonds. The molecule has 0 radical (unpaired) electrons. The third kappa shape index (κ3) is 5.38. The first-order valence-corrected chi connectivity index (χ1v) is 9.70. The topological polar surface area (TPSA) is 74.8 Å². The Morgan fingerprint density at radius 1 is 1.15 bits per heavy atom. The molecule has 1 saturated carbocycles. The number of nitrogens with one attached hydrogen (secondary N) is 3. The van der Waals surface area contributed by atoms with Crippen LogP contribution in [0.2, 0.25) is 0 Å². The van der Waals surface area contributed by atoms with E-state index >= 15 is 0 Å². The van der Waals surface area contributed by atoms with Crippen LogP contribution in [0.1, 0.15) is 37.7 Å². The summed E-state index contributed by atoms with van der Waals surface area (Å²) in [5.74, 6) is 2.47. The van der Waals surface area contributed by atoms with Crippen LogP contribution in [0.5, 0.6) is 5.75 Å². The average molecular weight is 358 g/mol. The van der Waals surface area contributed by atoms with E-state index < -0.39 is 0 Å². The Hall–Kier alpha value is -2.24. The molecule has 1 fully saturated rings. The van der Waals surface area contributed by atoms with E-state index in [1.54, 1.807) is 7.05 Å². The fourth-order valence-corrected chi connectivity index (χ4v) is 3.73. The third-order valence-corrected chi connectivity index (χ3v) is 5.12. The van der Waals surface area contributed by atoms with Gasteiger partial charge in [-0.15, -0.1) is 0 Å². The zero-order valence-electron chi connectivity index (χ0n) is 15.6. The van der Waals surface area contributed by atoms with Gasteiger partial charge in [0.25, 0.3) is 0 Å². The average Bonchev–Trinajstić information content (AvgIpc) is 3.30. The number of aliphatic imine (C=N–C) groups is 1. The molecule has 3 rings (SSSR count). The molecule has 1 aromatic rings. The van der Waals surface area contributed by atoms with Crippen LogP contribution in [0.25, 0.3) is 0 Å². The Kier molecular flexibility index (Phi) is 6.75. The zero-order valence-corrected chi connectivity index (χ0v) is 15.6. The highest BCUT2D eigenvalue weighted by Crippen LogP contribution is 2.28. The highest BCUT2D eigenvalue weighted by atomic mass is 16.5. The molecule has 0 spiro atoms. The number of amides is 1. The van der Waals surface area contributed by atoms with E-state index in [-0.39, 0.29) is 12.0 Å². The van der Waals surface area contributed by atoms with Crippen molar-refractivity contribution in [1.29, 1.82) is 0 Å². The number of hydrogen-bond acceptors (Lipinski definition) is 3. The number of para-hydroxylation sites is 1. The fraction of sp³-hybridized carbons (Fsp3) is 0.600. The Morgan fingerprint density at radius 3 is 2.69 bits per heavy atom. The van der Waals surface area contributed by atoms with Crippen molar-refractivity contribution >= 4 is 11.9 Å². The molecule has 3 N–H and O–H groups in total. The second kappa shape index (κ2) is 9.46. The van der Waals surface area contributed by atoms with Crippen molar-refractivity contribution in [3.05, 3.63) is 29.8 Å². The first-order chi connectivity index (χ1) is 12.7. The van der Waals surface area contributed by atoms with Gasteiger partial charge in [-0.1, -0.05) is 31.0 Å². The molecule has 2 aliphatic rings. The molecule has 1 unspecified atom stereocenters. The van der Waals surface area contributed by atoms with E-state index in [2.05, 4.69) is 27.0 Å². The monoisotopic (exact) mass is 358 g/mol. The van der Waals surface area contributed by atoms with Crippen LogP contribution < -0.4 is 20.7 Å². The predicted molar refractivity (Wildman–Crippen MR) is 104 cm³/mol. The molecule has 0 aromatic heterocycles. The van der Waals surface area contributed by atoms with E-state index in [0.717, 1.165) is 18.1 Å². The van der Waals surface area contributed by atoms with Crippen molar-refractivity contribution < 1.29 is 9.53 Å². The quantitative estimate of drug-likeness (QED) is 0.395. The van der Waals surface area contributed by atoms with Crippen LogP contribution in [-0.2, 0) is 11.2 Å². The number of carbonyl (C=O) groups excluding carboxylic acids is 1. The molecular formula is C20H30N4O2. The maximum Gasteiger partial charge on any atom is 0.220 e. The van der Waals surface area contributed by atoms with Gasteiger partial charge in [-0.2, -0.15) is 0 Å². The maximum absolute atomic E-state index is 11.9. The molecule has 1 aliphatic heterocycles.